The van der Waals surface area contributed by atoms with Crippen LogP contribution in [-0.2, 0) is 11.3 Å². The summed E-state index contributed by atoms with van der Waals surface area (Å²) in [4.78, 5) is 12.1. The van der Waals surface area contributed by atoms with Gasteiger partial charge in [0.15, 0.2) is 12.4 Å². The van der Waals surface area contributed by atoms with Crippen LogP contribution in [0.3, 0.4) is 0 Å². The molecule has 1 amide bonds. The van der Waals surface area contributed by atoms with Crippen LogP contribution in [0, 0.1) is 0 Å². The van der Waals surface area contributed by atoms with Gasteiger partial charge in [-0.15, -0.1) is 0 Å². The van der Waals surface area contributed by atoms with Crippen molar-refractivity contribution in [2.24, 2.45) is 0 Å². The SMILES string of the molecule is COc1cccc(NC(=O)C[n+]2ccc3ccccc3c2)c1. The molecule has 22 heavy (non-hydrogen) atoms. The Bertz CT molecular complexity index is 815. The van der Waals surface area contributed by atoms with Crippen molar-refractivity contribution in [1.82, 2.24) is 0 Å². The summed E-state index contributed by atoms with van der Waals surface area (Å²) in [5.74, 6) is 0.643. The third kappa shape index (κ3) is 3.23. The third-order valence-electron chi connectivity index (χ3n) is 3.43. The van der Waals surface area contributed by atoms with Crippen molar-refractivity contribution >= 4 is 22.4 Å². The van der Waals surface area contributed by atoms with E-state index < -0.39 is 0 Å². The minimum Gasteiger partial charge on any atom is -0.497 e. The molecule has 3 aromatic rings. The second-order valence-corrected chi connectivity index (χ2v) is 5.03. The second kappa shape index (κ2) is 6.26. The van der Waals surface area contributed by atoms with Crippen LogP contribution in [0.4, 0.5) is 5.69 Å². The van der Waals surface area contributed by atoms with E-state index in [1.54, 1.807) is 13.2 Å². The number of nitrogens with zero attached hydrogens (tertiary/aromatic N) is 1. The zero-order chi connectivity index (χ0) is 15.4. The van der Waals surface area contributed by atoms with Crippen molar-refractivity contribution in [3.63, 3.8) is 0 Å². The number of benzene rings is 2. The van der Waals surface area contributed by atoms with E-state index in [1.807, 2.05) is 59.4 Å². The quantitative estimate of drug-likeness (QED) is 0.752. The van der Waals surface area contributed by atoms with Gasteiger partial charge in [-0.1, -0.05) is 24.3 Å². The molecule has 2 aromatic carbocycles. The van der Waals surface area contributed by atoms with E-state index in [4.69, 9.17) is 4.74 Å². The summed E-state index contributed by atoms with van der Waals surface area (Å²) in [6, 6.07) is 17.4. The highest BCUT2D eigenvalue weighted by Crippen LogP contribution is 2.16. The minimum atomic E-state index is -0.0754. The van der Waals surface area contributed by atoms with Gasteiger partial charge < -0.3 is 10.1 Å². The van der Waals surface area contributed by atoms with E-state index in [-0.39, 0.29) is 12.5 Å². The third-order valence-corrected chi connectivity index (χ3v) is 3.43. The van der Waals surface area contributed by atoms with Gasteiger partial charge in [0.1, 0.15) is 5.75 Å². The molecule has 1 heterocycles. The molecule has 0 atom stereocenters. The first-order valence-electron chi connectivity index (χ1n) is 7.06. The van der Waals surface area contributed by atoms with E-state index >= 15 is 0 Å². The Hall–Kier alpha value is -2.88. The number of aromatic nitrogens is 1. The van der Waals surface area contributed by atoms with Gasteiger partial charge in [0, 0.05) is 23.2 Å². The molecule has 0 unspecified atom stereocenters. The monoisotopic (exact) mass is 293 g/mol. The molecule has 0 radical (unpaired) electrons. The van der Waals surface area contributed by atoms with Crippen LogP contribution in [0.1, 0.15) is 0 Å². The summed E-state index contributed by atoms with van der Waals surface area (Å²) in [6.45, 7) is 0.266. The summed E-state index contributed by atoms with van der Waals surface area (Å²) >= 11 is 0. The molecular formula is C18H17N2O2+. The zero-order valence-corrected chi connectivity index (χ0v) is 12.3. The number of carbonyl (C=O) groups is 1. The molecule has 110 valence electrons. The van der Waals surface area contributed by atoms with E-state index in [1.165, 1.54) is 0 Å². The first-order chi connectivity index (χ1) is 10.7. The molecule has 1 aromatic heterocycles. The topological polar surface area (TPSA) is 42.2 Å². The molecule has 4 nitrogen and oxygen atoms in total. The van der Waals surface area contributed by atoms with Crippen LogP contribution in [0.25, 0.3) is 10.8 Å². The molecule has 0 saturated carbocycles. The number of anilines is 1. The Morgan fingerprint density at radius 2 is 1.91 bits per heavy atom. The van der Waals surface area contributed by atoms with Crippen LogP contribution in [0.2, 0.25) is 0 Å². The molecule has 0 saturated heterocycles. The fraction of sp³-hybridized carbons (Fsp3) is 0.111. The number of hydrogen-bond acceptors (Lipinski definition) is 2. The molecule has 1 N–H and O–H groups in total. The summed E-state index contributed by atoms with van der Waals surface area (Å²) in [5.41, 5.74) is 0.728. The van der Waals surface area contributed by atoms with Gasteiger partial charge in [0.05, 0.1) is 7.11 Å². The fourth-order valence-electron chi connectivity index (χ4n) is 2.34. The molecule has 0 spiro atoms. The maximum atomic E-state index is 12.1. The predicted octanol–water partition coefficient (Wildman–Crippen LogP) is 2.77. The number of ether oxygens (including phenoxy) is 1. The van der Waals surface area contributed by atoms with Gasteiger partial charge in [-0.25, -0.2) is 0 Å². The first-order valence-corrected chi connectivity index (χ1v) is 7.06. The highest BCUT2D eigenvalue weighted by Gasteiger charge is 2.10. The van der Waals surface area contributed by atoms with E-state index in [2.05, 4.69) is 11.4 Å². The van der Waals surface area contributed by atoms with Crippen LogP contribution < -0.4 is 14.6 Å². The number of rotatable bonds is 4. The van der Waals surface area contributed by atoms with Crippen molar-refractivity contribution in [3.8, 4) is 5.75 Å². The Balaban J connectivity index is 1.72. The number of methoxy groups -OCH3 is 1. The summed E-state index contributed by atoms with van der Waals surface area (Å²) in [7, 11) is 1.60. The van der Waals surface area contributed by atoms with Crippen LogP contribution in [0.15, 0.2) is 67.0 Å². The van der Waals surface area contributed by atoms with Gasteiger partial charge in [0.25, 0.3) is 5.91 Å². The largest absolute Gasteiger partial charge is 0.497 e. The highest BCUT2D eigenvalue weighted by molar-refractivity contribution is 5.90. The van der Waals surface area contributed by atoms with Crippen LogP contribution >= 0.6 is 0 Å². The Labute approximate surface area is 129 Å². The van der Waals surface area contributed by atoms with Gasteiger partial charge >= 0.3 is 0 Å². The lowest BCUT2D eigenvalue weighted by Gasteiger charge is -2.05. The minimum absolute atomic E-state index is 0.0754. The lowest BCUT2D eigenvalue weighted by Crippen LogP contribution is -2.39. The second-order valence-electron chi connectivity index (χ2n) is 5.03. The normalized spacial score (nSPS) is 10.4. The molecule has 0 aliphatic rings. The van der Waals surface area contributed by atoms with Gasteiger partial charge in [-0.2, -0.15) is 4.57 Å². The standard InChI is InChI=1S/C18H16N2O2/c1-22-17-8-4-7-16(11-17)19-18(21)13-20-10-9-14-5-2-3-6-15(14)12-20/h2-12H,13H2,1H3/p+1. The molecule has 0 aliphatic carbocycles. The fourth-order valence-corrected chi connectivity index (χ4v) is 2.34. The van der Waals surface area contributed by atoms with Crippen LogP contribution in [-0.4, -0.2) is 13.0 Å². The van der Waals surface area contributed by atoms with Crippen molar-refractivity contribution < 1.29 is 14.1 Å². The van der Waals surface area contributed by atoms with Gasteiger partial charge in [0.2, 0.25) is 6.54 Å². The van der Waals surface area contributed by atoms with Crippen LogP contribution in [0.5, 0.6) is 5.75 Å². The molecule has 3 rings (SSSR count). The zero-order valence-electron chi connectivity index (χ0n) is 12.3. The van der Waals surface area contributed by atoms with E-state index in [9.17, 15) is 4.79 Å². The maximum Gasteiger partial charge on any atom is 0.290 e. The lowest BCUT2D eigenvalue weighted by molar-refractivity contribution is -0.682. The summed E-state index contributed by atoms with van der Waals surface area (Å²) in [6.07, 6.45) is 3.88. The molecule has 0 fully saturated rings. The Kier molecular flexibility index (Phi) is 4.01. The molecular weight excluding hydrogens is 276 g/mol. The molecule has 0 aliphatic heterocycles. The molecule has 4 heteroatoms. The number of amides is 1. The van der Waals surface area contributed by atoms with Gasteiger partial charge in [-0.05, 0) is 23.6 Å². The number of fused-ring (bicyclic) bond motifs is 1. The first kappa shape index (κ1) is 14.1. The average Bonchev–Trinajstić information content (AvgIpc) is 2.55. The number of nitrogens with one attached hydrogen (secondary N) is 1. The van der Waals surface area contributed by atoms with Crippen molar-refractivity contribution in [1.29, 1.82) is 0 Å². The lowest BCUT2D eigenvalue weighted by atomic mass is 10.2. The number of carbonyl (C=O) groups excluding carboxylic acids is 1. The summed E-state index contributed by atoms with van der Waals surface area (Å²) < 4.78 is 7.02. The number of pyridine rings is 1. The Morgan fingerprint density at radius 1 is 1.09 bits per heavy atom. The highest BCUT2D eigenvalue weighted by atomic mass is 16.5. The maximum absolute atomic E-state index is 12.1. The summed E-state index contributed by atoms with van der Waals surface area (Å²) in [5, 5.41) is 5.14. The number of hydrogen-bond donors (Lipinski definition) is 1. The predicted molar refractivity (Wildman–Crippen MR) is 85.8 cm³/mol. The molecule has 0 bridgehead atoms. The van der Waals surface area contributed by atoms with Crippen molar-refractivity contribution in [2.45, 2.75) is 6.54 Å². The Morgan fingerprint density at radius 3 is 2.73 bits per heavy atom. The van der Waals surface area contributed by atoms with Crippen molar-refractivity contribution in [2.75, 3.05) is 12.4 Å². The van der Waals surface area contributed by atoms with E-state index in [0.29, 0.717) is 0 Å². The van der Waals surface area contributed by atoms with Gasteiger partial charge in [-0.3, -0.25) is 4.79 Å². The average molecular weight is 293 g/mol. The van der Waals surface area contributed by atoms with Crippen molar-refractivity contribution in [3.05, 3.63) is 67.0 Å². The smallest absolute Gasteiger partial charge is 0.290 e. The van der Waals surface area contributed by atoms with E-state index in [0.717, 1.165) is 22.2 Å².